The first kappa shape index (κ1) is 21.3. The fourth-order valence-corrected chi connectivity index (χ4v) is 5.48. The standard InChI is InChI=1S/C28H27NO4/c1-16-11-12-17(2)24-14-18(13-23(16)24)26(27(30)31)29-28(32)33-15-25-21-9-5-3-7-19(21)20-8-4-6-10-22(20)25/h3-12,18,25-26H,13-15H2,1-2H3,(H,29,32)(H,30,31)/t26-/m0/s1. The monoisotopic (exact) mass is 441 g/mol. The third-order valence-electron chi connectivity index (χ3n) is 7.19. The summed E-state index contributed by atoms with van der Waals surface area (Å²) in [6.45, 7) is 4.26. The van der Waals surface area contributed by atoms with Crippen LogP contribution in [0.2, 0.25) is 0 Å². The fraction of sp³-hybridized carbons (Fsp3) is 0.286. The van der Waals surface area contributed by atoms with Gasteiger partial charge in [-0.3, -0.25) is 0 Å². The van der Waals surface area contributed by atoms with Crippen LogP contribution in [0.25, 0.3) is 11.1 Å². The van der Waals surface area contributed by atoms with Crippen molar-refractivity contribution in [3.05, 3.63) is 94.0 Å². The van der Waals surface area contributed by atoms with E-state index in [0.29, 0.717) is 12.8 Å². The molecule has 168 valence electrons. The zero-order valence-electron chi connectivity index (χ0n) is 18.8. The highest BCUT2D eigenvalue weighted by atomic mass is 16.5. The molecule has 5 heteroatoms. The summed E-state index contributed by atoms with van der Waals surface area (Å²) in [7, 11) is 0. The van der Waals surface area contributed by atoms with E-state index in [-0.39, 0.29) is 18.4 Å². The van der Waals surface area contributed by atoms with E-state index in [4.69, 9.17) is 4.74 Å². The number of benzene rings is 3. The van der Waals surface area contributed by atoms with Crippen molar-refractivity contribution in [2.24, 2.45) is 5.92 Å². The molecule has 3 aromatic rings. The quantitative estimate of drug-likeness (QED) is 0.584. The lowest BCUT2D eigenvalue weighted by atomic mass is 9.96. The molecule has 0 aromatic heterocycles. The van der Waals surface area contributed by atoms with Gasteiger partial charge in [0.1, 0.15) is 12.6 Å². The topological polar surface area (TPSA) is 75.6 Å². The highest BCUT2D eigenvalue weighted by Gasteiger charge is 2.36. The Hall–Kier alpha value is -3.60. The molecule has 2 aliphatic rings. The summed E-state index contributed by atoms with van der Waals surface area (Å²) >= 11 is 0. The number of carboxylic acid groups (broad SMARTS) is 1. The maximum Gasteiger partial charge on any atom is 0.407 e. The van der Waals surface area contributed by atoms with Gasteiger partial charge in [0.15, 0.2) is 0 Å². The minimum atomic E-state index is -1.03. The van der Waals surface area contributed by atoms with E-state index in [1.54, 1.807) is 0 Å². The van der Waals surface area contributed by atoms with E-state index in [9.17, 15) is 14.7 Å². The maximum atomic E-state index is 12.7. The van der Waals surface area contributed by atoms with E-state index in [1.165, 1.54) is 22.3 Å². The lowest BCUT2D eigenvalue weighted by molar-refractivity contribution is -0.140. The lowest BCUT2D eigenvalue weighted by Crippen LogP contribution is -2.46. The van der Waals surface area contributed by atoms with Gasteiger partial charge in [-0.1, -0.05) is 60.7 Å². The zero-order chi connectivity index (χ0) is 23.1. The average Bonchev–Trinajstić information content (AvgIpc) is 3.39. The largest absolute Gasteiger partial charge is 0.480 e. The highest BCUT2D eigenvalue weighted by molar-refractivity contribution is 5.81. The Morgan fingerprint density at radius 2 is 1.42 bits per heavy atom. The van der Waals surface area contributed by atoms with E-state index in [2.05, 4.69) is 55.6 Å². The zero-order valence-corrected chi connectivity index (χ0v) is 18.8. The molecule has 0 fully saturated rings. The van der Waals surface area contributed by atoms with Gasteiger partial charge in [-0.05, 0) is 77.1 Å². The van der Waals surface area contributed by atoms with Crippen LogP contribution in [-0.2, 0) is 22.4 Å². The Balaban J connectivity index is 1.28. The number of carbonyl (C=O) groups excluding carboxylic acids is 1. The van der Waals surface area contributed by atoms with Gasteiger partial charge in [0, 0.05) is 5.92 Å². The van der Waals surface area contributed by atoms with Gasteiger partial charge in [0.05, 0.1) is 0 Å². The van der Waals surface area contributed by atoms with Gasteiger partial charge in [-0.2, -0.15) is 0 Å². The second-order valence-corrected chi connectivity index (χ2v) is 9.11. The molecule has 33 heavy (non-hydrogen) atoms. The molecule has 1 atom stereocenters. The molecule has 0 saturated carbocycles. The number of nitrogens with one attached hydrogen (secondary N) is 1. The molecule has 0 spiro atoms. The Kier molecular flexibility index (Phi) is 5.41. The number of fused-ring (bicyclic) bond motifs is 4. The Bertz CT molecular complexity index is 1170. The summed E-state index contributed by atoms with van der Waals surface area (Å²) in [6, 6.07) is 19.4. The first-order valence-corrected chi connectivity index (χ1v) is 11.4. The van der Waals surface area contributed by atoms with E-state index in [0.717, 1.165) is 22.3 Å². The number of ether oxygens (including phenoxy) is 1. The van der Waals surface area contributed by atoms with Crippen LogP contribution in [0.3, 0.4) is 0 Å². The molecule has 0 bridgehead atoms. The number of carbonyl (C=O) groups is 2. The van der Waals surface area contributed by atoms with Crippen LogP contribution < -0.4 is 5.32 Å². The molecule has 2 aliphatic carbocycles. The van der Waals surface area contributed by atoms with Gasteiger partial charge >= 0.3 is 12.1 Å². The second-order valence-electron chi connectivity index (χ2n) is 9.11. The molecule has 2 N–H and O–H groups in total. The van der Waals surface area contributed by atoms with Crippen LogP contribution in [0.15, 0.2) is 60.7 Å². The Morgan fingerprint density at radius 3 is 1.94 bits per heavy atom. The second kappa shape index (κ2) is 8.39. The number of hydrogen-bond acceptors (Lipinski definition) is 3. The van der Waals surface area contributed by atoms with Crippen LogP contribution in [0.5, 0.6) is 0 Å². The van der Waals surface area contributed by atoms with Gasteiger partial charge in [-0.15, -0.1) is 0 Å². The van der Waals surface area contributed by atoms with Crippen LogP contribution in [0, 0.1) is 19.8 Å². The van der Waals surface area contributed by atoms with Crippen molar-refractivity contribution in [3.63, 3.8) is 0 Å². The highest BCUT2D eigenvalue weighted by Crippen LogP contribution is 2.44. The fourth-order valence-electron chi connectivity index (χ4n) is 5.48. The molecular weight excluding hydrogens is 414 g/mol. The summed E-state index contributed by atoms with van der Waals surface area (Å²) in [4.78, 5) is 24.8. The summed E-state index contributed by atoms with van der Waals surface area (Å²) in [5.41, 5.74) is 9.31. The smallest absolute Gasteiger partial charge is 0.407 e. The van der Waals surface area contributed by atoms with Crippen LogP contribution in [0.1, 0.15) is 39.3 Å². The van der Waals surface area contributed by atoms with Crippen molar-refractivity contribution in [2.45, 2.75) is 38.6 Å². The van der Waals surface area contributed by atoms with Crippen molar-refractivity contribution in [2.75, 3.05) is 6.61 Å². The number of amides is 1. The van der Waals surface area contributed by atoms with Crippen molar-refractivity contribution in [1.82, 2.24) is 5.32 Å². The predicted molar refractivity (Wildman–Crippen MR) is 126 cm³/mol. The third-order valence-corrected chi connectivity index (χ3v) is 7.19. The van der Waals surface area contributed by atoms with Crippen LogP contribution >= 0.6 is 0 Å². The van der Waals surface area contributed by atoms with Crippen LogP contribution in [0.4, 0.5) is 4.79 Å². The van der Waals surface area contributed by atoms with E-state index in [1.807, 2.05) is 24.3 Å². The first-order chi connectivity index (χ1) is 15.9. The molecule has 5 rings (SSSR count). The van der Waals surface area contributed by atoms with Gasteiger partial charge in [-0.25, -0.2) is 9.59 Å². The average molecular weight is 442 g/mol. The molecule has 0 radical (unpaired) electrons. The summed E-state index contributed by atoms with van der Waals surface area (Å²) in [5.74, 6) is -1.29. The summed E-state index contributed by atoms with van der Waals surface area (Å²) in [5, 5.41) is 12.5. The molecule has 0 aliphatic heterocycles. The normalized spacial score (nSPS) is 15.5. The predicted octanol–water partition coefficient (Wildman–Crippen LogP) is 5.01. The van der Waals surface area contributed by atoms with Crippen LogP contribution in [-0.4, -0.2) is 29.8 Å². The van der Waals surface area contributed by atoms with Crippen molar-refractivity contribution >= 4 is 12.1 Å². The lowest BCUT2D eigenvalue weighted by Gasteiger charge is -2.21. The third kappa shape index (κ3) is 3.78. The van der Waals surface area contributed by atoms with E-state index >= 15 is 0 Å². The number of rotatable bonds is 5. The molecule has 0 unspecified atom stereocenters. The molecule has 1 amide bonds. The molecule has 3 aromatic carbocycles. The minimum Gasteiger partial charge on any atom is -0.480 e. The van der Waals surface area contributed by atoms with Crippen molar-refractivity contribution in [1.29, 1.82) is 0 Å². The molecular formula is C28H27NO4. The number of hydrogen-bond donors (Lipinski definition) is 2. The SMILES string of the molecule is Cc1ccc(C)c2c1CC([C@H](NC(=O)OCC1c3ccccc3-c3ccccc31)C(=O)O)C2. The minimum absolute atomic E-state index is 0.0625. The van der Waals surface area contributed by atoms with Gasteiger partial charge in [0.25, 0.3) is 0 Å². The number of aryl methyl sites for hydroxylation is 2. The number of carboxylic acids is 1. The first-order valence-electron chi connectivity index (χ1n) is 11.4. The molecule has 5 nitrogen and oxygen atoms in total. The number of alkyl carbamates (subject to hydrolysis) is 1. The van der Waals surface area contributed by atoms with Gasteiger partial charge < -0.3 is 15.2 Å². The Labute approximate surface area is 193 Å². The van der Waals surface area contributed by atoms with Crippen molar-refractivity contribution in [3.8, 4) is 11.1 Å². The van der Waals surface area contributed by atoms with Crippen molar-refractivity contribution < 1.29 is 19.4 Å². The summed E-state index contributed by atoms with van der Waals surface area (Å²) in [6.07, 6.45) is 0.598. The summed E-state index contributed by atoms with van der Waals surface area (Å²) < 4.78 is 5.59. The van der Waals surface area contributed by atoms with Gasteiger partial charge in [0.2, 0.25) is 0 Å². The molecule has 0 saturated heterocycles. The Morgan fingerprint density at radius 1 is 0.909 bits per heavy atom. The number of aliphatic carboxylic acids is 1. The maximum absolute atomic E-state index is 12.7. The van der Waals surface area contributed by atoms with E-state index < -0.39 is 18.1 Å². The molecule has 0 heterocycles.